The van der Waals surface area contributed by atoms with E-state index in [0.717, 1.165) is 5.56 Å². The van der Waals surface area contributed by atoms with Crippen molar-refractivity contribution in [1.29, 1.82) is 0 Å². The number of thiol groups is 1. The first kappa shape index (κ1) is 9.42. The van der Waals surface area contributed by atoms with Gasteiger partial charge in [0.1, 0.15) is 0 Å². The van der Waals surface area contributed by atoms with Crippen molar-refractivity contribution in [3.63, 3.8) is 0 Å². The van der Waals surface area contributed by atoms with Crippen molar-refractivity contribution >= 4 is 35.0 Å². The van der Waals surface area contributed by atoms with Gasteiger partial charge in [0.05, 0.1) is 10.7 Å². The number of aryl methyl sites for hydroxylation is 1. The molecule has 4 heteroatoms. The lowest BCUT2D eigenvalue weighted by Crippen LogP contribution is -1.95. The van der Waals surface area contributed by atoms with Crippen molar-refractivity contribution in [2.45, 2.75) is 6.92 Å². The standard InChI is InChI=1S/C8H8ClNOS/c1-4-2-5(8(11)12)3-6(10)7(4)9/h2-3H,10H2,1H3,(H,11,12). The van der Waals surface area contributed by atoms with Gasteiger partial charge in [-0.3, -0.25) is 4.79 Å². The highest BCUT2D eigenvalue weighted by Gasteiger charge is 2.06. The number of carbonyl (C=O) groups excluding carboxylic acids is 1. The van der Waals surface area contributed by atoms with Crippen LogP contribution in [0.3, 0.4) is 0 Å². The highest BCUT2D eigenvalue weighted by molar-refractivity contribution is 7.97. The van der Waals surface area contributed by atoms with Crippen molar-refractivity contribution in [2.75, 3.05) is 5.73 Å². The van der Waals surface area contributed by atoms with E-state index < -0.39 is 0 Å². The summed E-state index contributed by atoms with van der Waals surface area (Å²) in [6.07, 6.45) is 0. The number of nitrogen functional groups attached to an aromatic ring is 1. The molecule has 1 aromatic carbocycles. The van der Waals surface area contributed by atoms with Gasteiger partial charge in [-0.05, 0) is 24.6 Å². The largest absolute Gasteiger partial charge is 0.397 e. The molecule has 64 valence electrons. The average Bonchev–Trinajstić information content (AvgIpc) is 1.99. The van der Waals surface area contributed by atoms with Crippen LogP contribution in [0, 0.1) is 6.92 Å². The van der Waals surface area contributed by atoms with Gasteiger partial charge in [0, 0.05) is 5.56 Å². The van der Waals surface area contributed by atoms with Crippen molar-refractivity contribution in [3.8, 4) is 0 Å². The second kappa shape index (κ2) is 3.37. The van der Waals surface area contributed by atoms with Gasteiger partial charge < -0.3 is 5.73 Å². The van der Waals surface area contributed by atoms with Crippen molar-refractivity contribution in [2.24, 2.45) is 0 Å². The summed E-state index contributed by atoms with van der Waals surface area (Å²) < 4.78 is 0. The molecule has 2 nitrogen and oxygen atoms in total. The van der Waals surface area contributed by atoms with Gasteiger partial charge in [-0.1, -0.05) is 11.6 Å². The molecule has 2 N–H and O–H groups in total. The topological polar surface area (TPSA) is 43.1 Å². The van der Waals surface area contributed by atoms with Crippen LogP contribution in [-0.2, 0) is 0 Å². The number of hydrogen-bond donors (Lipinski definition) is 2. The SMILES string of the molecule is Cc1cc(C(=O)S)cc(N)c1Cl. The molecule has 0 heterocycles. The maximum Gasteiger partial charge on any atom is 0.216 e. The third-order valence-electron chi connectivity index (χ3n) is 1.53. The minimum absolute atomic E-state index is 0.304. The molecule has 0 spiro atoms. The fraction of sp³-hybridized carbons (Fsp3) is 0.125. The summed E-state index contributed by atoms with van der Waals surface area (Å²) in [6.45, 7) is 1.79. The fourth-order valence-corrected chi connectivity index (χ4v) is 1.16. The lowest BCUT2D eigenvalue weighted by atomic mass is 10.1. The van der Waals surface area contributed by atoms with Gasteiger partial charge >= 0.3 is 0 Å². The Morgan fingerprint density at radius 1 is 1.58 bits per heavy atom. The molecule has 0 radical (unpaired) electrons. The number of benzene rings is 1. The summed E-state index contributed by atoms with van der Waals surface area (Å²) >= 11 is 9.47. The Hall–Kier alpha value is -0.670. The third-order valence-corrected chi connectivity index (χ3v) is 2.30. The van der Waals surface area contributed by atoms with E-state index in [-0.39, 0.29) is 5.12 Å². The van der Waals surface area contributed by atoms with Crippen LogP contribution in [0.4, 0.5) is 5.69 Å². The highest BCUT2D eigenvalue weighted by Crippen LogP contribution is 2.25. The molecular formula is C8H8ClNOS. The van der Waals surface area contributed by atoms with E-state index >= 15 is 0 Å². The van der Waals surface area contributed by atoms with E-state index in [2.05, 4.69) is 12.6 Å². The Bertz CT molecular complexity index is 315. The summed E-state index contributed by atoms with van der Waals surface area (Å²) in [6, 6.07) is 3.18. The number of anilines is 1. The van der Waals surface area contributed by atoms with Gasteiger partial charge in [0.2, 0.25) is 5.12 Å². The fourth-order valence-electron chi connectivity index (χ4n) is 0.920. The Morgan fingerprint density at radius 3 is 2.58 bits per heavy atom. The first-order valence-corrected chi connectivity index (χ1v) is 4.14. The number of carbonyl (C=O) groups is 1. The quantitative estimate of drug-likeness (QED) is 0.541. The Balaban J connectivity index is 3.31. The molecule has 0 fully saturated rings. The van der Waals surface area contributed by atoms with Crippen molar-refractivity contribution in [3.05, 3.63) is 28.3 Å². The summed E-state index contributed by atoms with van der Waals surface area (Å²) in [5.41, 5.74) is 7.21. The van der Waals surface area contributed by atoms with E-state index in [1.165, 1.54) is 6.07 Å². The van der Waals surface area contributed by atoms with Crippen LogP contribution in [0.5, 0.6) is 0 Å². The minimum atomic E-state index is -0.304. The zero-order valence-corrected chi connectivity index (χ0v) is 8.12. The van der Waals surface area contributed by atoms with E-state index in [9.17, 15) is 4.79 Å². The van der Waals surface area contributed by atoms with E-state index in [1.54, 1.807) is 13.0 Å². The van der Waals surface area contributed by atoms with Crippen LogP contribution in [0.15, 0.2) is 12.1 Å². The molecule has 0 amide bonds. The molecule has 0 saturated heterocycles. The predicted octanol–water partition coefficient (Wildman–Crippen LogP) is 2.30. The zero-order valence-electron chi connectivity index (χ0n) is 6.47. The summed E-state index contributed by atoms with van der Waals surface area (Å²) in [5, 5.41) is 0.190. The molecule has 0 aromatic heterocycles. The van der Waals surface area contributed by atoms with E-state index in [0.29, 0.717) is 16.3 Å². The number of rotatable bonds is 1. The van der Waals surface area contributed by atoms with Crippen LogP contribution in [0.1, 0.15) is 15.9 Å². The Morgan fingerprint density at radius 2 is 2.17 bits per heavy atom. The van der Waals surface area contributed by atoms with Crippen molar-refractivity contribution < 1.29 is 4.79 Å². The number of hydrogen-bond acceptors (Lipinski definition) is 2. The molecule has 0 saturated carbocycles. The van der Waals surface area contributed by atoms with Gasteiger partial charge in [0.25, 0.3) is 0 Å². The predicted molar refractivity (Wildman–Crippen MR) is 53.9 cm³/mol. The third kappa shape index (κ3) is 1.73. The van der Waals surface area contributed by atoms with Crippen LogP contribution in [-0.4, -0.2) is 5.12 Å². The monoisotopic (exact) mass is 201 g/mol. The molecule has 0 unspecified atom stereocenters. The van der Waals surface area contributed by atoms with Crippen LogP contribution < -0.4 is 5.73 Å². The average molecular weight is 202 g/mol. The first-order valence-electron chi connectivity index (χ1n) is 3.31. The minimum Gasteiger partial charge on any atom is -0.397 e. The second-order valence-corrected chi connectivity index (χ2v) is 3.29. The van der Waals surface area contributed by atoms with Gasteiger partial charge in [0.15, 0.2) is 0 Å². The van der Waals surface area contributed by atoms with Crippen LogP contribution in [0.2, 0.25) is 5.02 Å². The summed E-state index contributed by atoms with van der Waals surface area (Å²) in [4.78, 5) is 10.8. The molecule has 12 heavy (non-hydrogen) atoms. The number of nitrogens with two attached hydrogens (primary N) is 1. The van der Waals surface area contributed by atoms with E-state index in [4.69, 9.17) is 17.3 Å². The van der Waals surface area contributed by atoms with Gasteiger partial charge in [-0.15, -0.1) is 12.6 Å². The molecule has 1 aromatic rings. The Kier molecular flexibility index (Phi) is 2.65. The maximum absolute atomic E-state index is 10.8. The maximum atomic E-state index is 10.8. The molecule has 0 aliphatic rings. The smallest absolute Gasteiger partial charge is 0.216 e. The molecule has 0 aliphatic heterocycles. The van der Waals surface area contributed by atoms with E-state index in [1.807, 2.05) is 0 Å². The number of halogens is 1. The van der Waals surface area contributed by atoms with Gasteiger partial charge in [-0.2, -0.15) is 0 Å². The molecule has 0 aliphatic carbocycles. The first-order chi connectivity index (χ1) is 5.52. The molecular weight excluding hydrogens is 194 g/mol. The molecule has 0 bridgehead atoms. The highest BCUT2D eigenvalue weighted by atomic mass is 35.5. The lowest BCUT2D eigenvalue weighted by Gasteiger charge is -2.03. The normalized spacial score (nSPS) is 9.92. The second-order valence-electron chi connectivity index (χ2n) is 2.50. The zero-order chi connectivity index (χ0) is 9.30. The van der Waals surface area contributed by atoms with Crippen molar-refractivity contribution in [1.82, 2.24) is 0 Å². The summed E-state index contributed by atoms with van der Waals surface area (Å²) in [7, 11) is 0. The van der Waals surface area contributed by atoms with Crippen LogP contribution in [0.25, 0.3) is 0 Å². The van der Waals surface area contributed by atoms with Crippen LogP contribution >= 0.6 is 24.2 Å². The van der Waals surface area contributed by atoms with Gasteiger partial charge in [-0.25, -0.2) is 0 Å². The molecule has 1 rings (SSSR count). The molecule has 0 atom stereocenters. The summed E-state index contributed by atoms with van der Waals surface area (Å²) in [5.74, 6) is 0. The lowest BCUT2D eigenvalue weighted by molar-refractivity contribution is 0.109. The Labute approximate surface area is 81.1 Å².